The minimum Gasteiger partial charge on any atom is -0.394 e. The SMILES string of the molecule is CCC(CO)N/C=C(/C#N)C(=O)Nc1cccc(S(=O)(=O)O)c1. The van der Waals surface area contributed by atoms with E-state index in [2.05, 4.69) is 10.6 Å². The molecule has 0 aliphatic heterocycles. The molecule has 0 saturated carbocycles. The molecule has 124 valence electrons. The van der Waals surface area contributed by atoms with Gasteiger partial charge in [0.25, 0.3) is 16.0 Å². The summed E-state index contributed by atoms with van der Waals surface area (Å²) in [6, 6.07) is 6.41. The molecule has 9 heteroatoms. The lowest BCUT2D eigenvalue weighted by Gasteiger charge is -2.12. The molecule has 23 heavy (non-hydrogen) atoms. The zero-order chi connectivity index (χ0) is 17.5. The van der Waals surface area contributed by atoms with Crippen LogP contribution in [0.3, 0.4) is 0 Å². The summed E-state index contributed by atoms with van der Waals surface area (Å²) in [6.45, 7) is 1.68. The van der Waals surface area contributed by atoms with Crippen molar-refractivity contribution in [1.82, 2.24) is 5.32 Å². The van der Waals surface area contributed by atoms with Crippen molar-refractivity contribution in [2.75, 3.05) is 11.9 Å². The van der Waals surface area contributed by atoms with Crippen LogP contribution in [0.15, 0.2) is 40.9 Å². The normalized spacial score (nSPS) is 13.0. The lowest BCUT2D eigenvalue weighted by molar-refractivity contribution is -0.112. The van der Waals surface area contributed by atoms with E-state index in [1.807, 2.05) is 6.92 Å². The van der Waals surface area contributed by atoms with Crippen molar-refractivity contribution in [3.8, 4) is 6.07 Å². The van der Waals surface area contributed by atoms with Crippen molar-refractivity contribution in [2.24, 2.45) is 0 Å². The summed E-state index contributed by atoms with van der Waals surface area (Å²) in [5.74, 6) is -0.750. The van der Waals surface area contributed by atoms with Crippen LogP contribution in [0.4, 0.5) is 5.69 Å². The zero-order valence-electron chi connectivity index (χ0n) is 12.4. The summed E-state index contributed by atoms with van der Waals surface area (Å²) in [6.07, 6.45) is 1.79. The molecule has 1 aromatic rings. The number of amides is 1. The van der Waals surface area contributed by atoms with E-state index in [4.69, 9.17) is 14.9 Å². The first-order valence-electron chi connectivity index (χ1n) is 6.67. The van der Waals surface area contributed by atoms with Crippen molar-refractivity contribution in [3.05, 3.63) is 36.0 Å². The molecule has 0 saturated heterocycles. The molecule has 1 atom stereocenters. The van der Waals surface area contributed by atoms with Crippen LogP contribution in [-0.2, 0) is 14.9 Å². The molecule has 1 aromatic carbocycles. The maximum Gasteiger partial charge on any atom is 0.294 e. The van der Waals surface area contributed by atoms with Crippen LogP contribution in [0, 0.1) is 11.3 Å². The van der Waals surface area contributed by atoms with Crippen molar-refractivity contribution < 1.29 is 22.9 Å². The standard InChI is InChI=1S/C14H17N3O5S/c1-2-11(9-18)16-8-10(7-15)14(19)17-12-4-3-5-13(6-12)23(20,21)22/h3-6,8,11,16,18H,2,9H2,1H3,(H,17,19)(H,20,21,22)/b10-8-. The Balaban J connectivity index is 2.89. The molecule has 0 bridgehead atoms. The van der Waals surface area contributed by atoms with Gasteiger partial charge in [0, 0.05) is 17.9 Å². The highest BCUT2D eigenvalue weighted by atomic mass is 32.2. The Hall–Kier alpha value is -2.41. The van der Waals surface area contributed by atoms with E-state index in [-0.39, 0.29) is 28.8 Å². The first-order valence-corrected chi connectivity index (χ1v) is 8.12. The number of anilines is 1. The third-order valence-corrected chi connectivity index (χ3v) is 3.78. The molecule has 0 aliphatic carbocycles. The van der Waals surface area contributed by atoms with E-state index in [1.165, 1.54) is 24.4 Å². The van der Waals surface area contributed by atoms with Gasteiger partial charge in [0.15, 0.2) is 0 Å². The predicted molar refractivity (Wildman–Crippen MR) is 82.9 cm³/mol. The Morgan fingerprint density at radius 3 is 2.70 bits per heavy atom. The Bertz CT molecular complexity index is 733. The molecule has 1 amide bonds. The maximum absolute atomic E-state index is 12.0. The second-order valence-electron chi connectivity index (χ2n) is 4.58. The molecule has 0 heterocycles. The molecule has 1 unspecified atom stereocenters. The van der Waals surface area contributed by atoms with E-state index in [1.54, 1.807) is 6.07 Å². The van der Waals surface area contributed by atoms with Gasteiger partial charge in [0.2, 0.25) is 0 Å². The number of aliphatic hydroxyl groups is 1. The highest BCUT2D eigenvalue weighted by molar-refractivity contribution is 7.85. The number of nitrogens with zero attached hydrogens (tertiary/aromatic N) is 1. The average molecular weight is 339 g/mol. The molecule has 0 aromatic heterocycles. The van der Waals surface area contributed by atoms with E-state index < -0.39 is 16.0 Å². The van der Waals surface area contributed by atoms with Crippen LogP contribution in [0.25, 0.3) is 0 Å². The quantitative estimate of drug-likeness (QED) is 0.325. The highest BCUT2D eigenvalue weighted by Gasteiger charge is 2.13. The summed E-state index contributed by atoms with van der Waals surface area (Å²) >= 11 is 0. The second-order valence-corrected chi connectivity index (χ2v) is 6.00. The highest BCUT2D eigenvalue weighted by Crippen LogP contribution is 2.15. The van der Waals surface area contributed by atoms with Crippen LogP contribution in [-0.4, -0.2) is 36.6 Å². The number of nitrogens with one attached hydrogen (secondary N) is 2. The number of benzene rings is 1. The van der Waals surface area contributed by atoms with Crippen LogP contribution in [0.1, 0.15) is 13.3 Å². The molecule has 1 rings (SSSR count). The van der Waals surface area contributed by atoms with Gasteiger partial charge in [-0.2, -0.15) is 13.7 Å². The lowest BCUT2D eigenvalue weighted by Crippen LogP contribution is -2.28. The fourth-order valence-electron chi connectivity index (χ4n) is 1.58. The van der Waals surface area contributed by atoms with E-state index >= 15 is 0 Å². The summed E-state index contributed by atoms with van der Waals surface area (Å²) in [7, 11) is -4.39. The molecule has 0 fully saturated rings. The van der Waals surface area contributed by atoms with Gasteiger partial charge in [-0.25, -0.2) is 0 Å². The average Bonchev–Trinajstić information content (AvgIpc) is 2.51. The summed E-state index contributed by atoms with van der Waals surface area (Å²) in [5.41, 5.74) is -0.130. The first kappa shape index (κ1) is 18.6. The smallest absolute Gasteiger partial charge is 0.294 e. The number of carbonyl (C=O) groups excluding carboxylic acids is 1. The number of hydrogen-bond acceptors (Lipinski definition) is 6. The third-order valence-electron chi connectivity index (χ3n) is 2.93. The van der Waals surface area contributed by atoms with E-state index in [0.717, 1.165) is 6.07 Å². The monoisotopic (exact) mass is 339 g/mol. The predicted octanol–water partition coefficient (Wildman–Crippen LogP) is 0.640. The van der Waals surface area contributed by atoms with Crippen molar-refractivity contribution in [2.45, 2.75) is 24.3 Å². The third kappa shape index (κ3) is 5.71. The number of hydrogen-bond donors (Lipinski definition) is 4. The molecular formula is C14H17N3O5S. The Kier molecular flexibility index (Phi) is 6.71. The minimum atomic E-state index is -4.39. The van der Waals surface area contributed by atoms with Crippen LogP contribution < -0.4 is 10.6 Å². The minimum absolute atomic E-state index is 0.112. The summed E-state index contributed by atoms with van der Waals surface area (Å²) in [5, 5.41) is 23.1. The fraction of sp³-hybridized carbons (Fsp3) is 0.286. The molecule has 0 radical (unpaired) electrons. The van der Waals surface area contributed by atoms with Crippen LogP contribution in [0.2, 0.25) is 0 Å². The van der Waals surface area contributed by atoms with Crippen molar-refractivity contribution in [3.63, 3.8) is 0 Å². The number of carbonyl (C=O) groups is 1. The lowest BCUT2D eigenvalue weighted by atomic mass is 10.2. The molecule has 8 nitrogen and oxygen atoms in total. The molecule has 4 N–H and O–H groups in total. The molecule has 0 aliphatic rings. The summed E-state index contributed by atoms with van der Waals surface area (Å²) < 4.78 is 31.1. The first-order chi connectivity index (χ1) is 10.8. The Morgan fingerprint density at radius 2 is 2.17 bits per heavy atom. The summed E-state index contributed by atoms with van der Waals surface area (Å²) in [4.78, 5) is 11.6. The van der Waals surface area contributed by atoms with Gasteiger partial charge in [-0.15, -0.1) is 0 Å². The van der Waals surface area contributed by atoms with Crippen molar-refractivity contribution >= 4 is 21.7 Å². The van der Waals surface area contributed by atoms with Gasteiger partial charge >= 0.3 is 0 Å². The fourth-order valence-corrected chi connectivity index (χ4v) is 2.11. The van der Waals surface area contributed by atoms with Gasteiger partial charge < -0.3 is 15.7 Å². The largest absolute Gasteiger partial charge is 0.394 e. The maximum atomic E-state index is 12.0. The number of aliphatic hydroxyl groups excluding tert-OH is 1. The topological polar surface area (TPSA) is 140 Å². The van der Waals surface area contributed by atoms with Gasteiger partial charge in [0.05, 0.1) is 11.5 Å². The number of nitriles is 1. The Labute approximate surface area is 134 Å². The van der Waals surface area contributed by atoms with E-state index in [0.29, 0.717) is 6.42 Å². The van der Waals surface area contributed by atoms with E-state index in [9.17, 15) is 13.2 Å². The number of rotatable bonds is 7. The zero-order valence-corrected chi connectivity index (χ0v) is 13.2. The second kappa shape index (κ2) is 8.28. The molecular weight excluding hydrogens is 322 g/mol. The molecule has 0 spiro atoms. The Morgan fingerprint density at radius 1 is 1.48 bits per heavy atom. The van der Waals surface area contributed by atoms with Gasteiger partial charge in [-0.1, -0.05) is 13.0 Å². The van der Waals surface area contributed by atoms with Gasteiger partial charge in [0.1, 0.15) is 11.6 Å². The van der Waals surface area contributed by atoms with Crippen LogP contribution in [0.5, 0.6) is 0 Å². The van der Waals surface area contributed by atoms with Gasteiger partial charge in [-0.3, -0.25) is 9.35 Å². The van der Waals surface area contributed by atoms with Gasteiger partial charge in [-0.05, 0) is 24.6 Å². The van der Waals surface area contributed by atoms with Crippen LogP contribution >= 0.6 is 0 Å². The van der Waals surface area contributed by atoms with Crippen molar-refractivity contribution in [1.29, 1.82) is 5.26 Å².